The van der Waals surface area contributed by atoms with Gasteiger partial charge in [0.1, 0.15) is 0 Å². The van der Waals surface area contributed by atoms with Crippen molar-refractivity contribution in [2.75, 3.05) is 0 Å². The van der Waals surface area contributed by atoms with Gasteiger partial charge in [-0.1, -0.05) is 110 Å². The van der Waals surface area contributed by atoms with E-state index in [2.05, 4.69) is 13.8 Å². The Hall–Kier alpha value is 0.870. The molecule has 2 unspecified atom stereocenters. The normalized spacial score (nSPS) is 13.8. The van der Waals surface area contributed by atoms with E-state index in [0.717, 1.165) is 57.8 Å². The zero-order valence-corrected chi connectivity index (χ0v) is 22.5. The maximum Gasteiger partial charge on any atom is 1.00 e. The Labute approximate surface area is 204 Å². The van der Waals surface area contributed by atoms with Gasteiger partial charge in [-0.2, -0.15) is 0 Å². The molecule has 0 aliphatic carbocycles. The summed E-state index contributed by atoms with van der Waals surface area (Å²) in [5.74, 6) is 0. The maximum atomic E-state index is 11.5. The van der Waals surface area contributed by atoms with Crippen LogP contribution in [0.1, 0.15) is 136 Å². The van der Waals surface area contributed by atoms with Gasteiger partial charge < -0.3 is 9.66 Å². The summed E-state index contributed by atoms with van der Waals surface area (Å²) in [7, 11) is -4.19. The molecule has 0 aromatic carbocycles. The third-order valence-electron chi connectivity index (χ3n) is 5.74. The minimum Gasteiger partial charge on any atom is -0.748 e. The van der Waals surface area contributed by atoms with E-state index in [1.807, 2.05) is 0 Å². The summed E-state index contributed by atoms with van der Waals surface area (Å²) in [6.45, 7) is 4.39. The van der Waals surface area contributed by atoms with Gasteiger partial charge in [0.05, 0.1) is 16.2 Å². The number of hydrogen-bond donors (Lipinski definition) is 1. The molecule has 1 N–H and O–H groups in total. The number of hydrogen-bond acceptors (Lipinski definition) is 4. The van der Waals surface area contributed by atoms with Crippen molar-refractivity contribution in [2.24, 2.45) is 0 Å². The van der Waals surface area contributed by atoms with Crippen LogP contribution in [0.4, 0.5) is 0 Å². The number of unbranched alkanes of at least 4 members (excludes halogenated alkanes) is 12. The number of rotatable bonds is 21. The molecule has 0 fully saturated rings. The van der Waals surface area contributed by atoms with E-state index in [0.29, 0.717) is 12.8 Å². The molecule has 0 aromatic heterocycles. The predicted molar refractivity (Wildman–Crippen MR) is 119 cm³/mol. The monoisotopic (exact) mass is 442 g/mol. The molecule has 0 spiro atoms. The minimum absolute atomic E-state index is 0. The summed E-state index contributed by atoms with van der Waals surface area (Å²) in [5, 5.41) is 9.33. The molecule has 29 heavy (non-hydrogen) atoms. The second-order valence-corrected chi connectivity index (χ2v) is 10.2. The Bertz CT molecular complexity index is 429. The first-order valence-corrected chi connectivity index (χ1v) is 13.5. The summed E-state index contributed by atoms with van der Waals surface area (Å²) < 4.78 is 34.5. The van der Waals surface area contributed by atoms with Gasteiger partial charge in [0.25, 0.3) is 0 Å². The van der Waals surface area contributed by atoms with Crippen molar-refractivity contribution in [3.8, 4) is 0 Å². The second-order valence-electron chi connectivity index (χ2n) is 8.52. The SMILES string of the molecule is CCCCCCCCC(O)CCCCCC(CCCCCCCC)S(=O)(=O)[O-].[Na+]. The Morgan fingerprint density at radius 1 is 0.621 bits per heavy atom. The predicted octanol–water partition coefficient (Wildman–Crippen LogP) is 3.72. The van der Waals surface area contributed by atoms with Crippen LogP contribution >= 0.6 is 0 Å². The maximum absolute atomic E-state index is 11.5. The quantitative estimate of drug-likeness (QED) is 0.167. The van der Waals surface area contributed by atoms with Crippen molar-refractivity contribution < 1.29 is 47.6 Å². The van der Waals surface area contributed by atoms with Crippen LogP contribution in [0.2, 0.25) is 0 Å². The van der Waals surface area contributed by atoms with Crippen LogP contribution < -0.4 is 29.6 Å². The topological polar surface area (TPSA) is 77.4 Å². The summed E-state index contributed by atoms with van der Waals surface area (Å²) in [6, 6.07) is 0. The van der Waals surface area contributed by atoms with Crippen LogP contribution in [0.25, 0.3) is 0 Å². The average Bonchev–Trinajstić information content (AvgIpc) is 2.64. The molecule has 0 aromatic rings. The molecule has 0 aliphatic rings. The zero-order chi connectivity index (χ0) is 21.1. The van der Waals surface area contributed by atoms with E-state index in [1.54, 1.807) is 0 Å². The summed E-state index contributed by atoms with van der Waals surface area (Å²) in [5.41, 5.74) is 0. The van der Waals surface area contributed by atoms with Crippen molar-refractivity contribution in [2.45, 2.75) is 147 Å². The molecule has 2 atom stereocenters. The average molecular weight is 443 g/mol. The first-order chi connectivity index (χ1) is 13.4. The van der Waals surface area contributed by atoms with Crippen LogP contribution in [-0.2, 0) is 10.1 Å². The van der Waals surface area contributed by atoms with Gasteiger partial charge >= 0.3 is 29.6 Å². The standard InChI is InChI=1S/C23H48O4S.Na/c1-3-5-7-9-11-14-18-22(24)19-15-13-17-21-23(28(25,26)27)20-16-12-10-8-6-4-2;/h22-24H,3-21H2,1-2H3,(H,25,26,27);/q;+1/p-1. The first kappa shape index (κ1) is 32.1. The molecule has 0 saturated heterocycles. The van der Waals surface area contributed by atoms with Gasteiger partial charge in [0, 0.05) is 5.25 Å². The molecule has 0 amide bonds. The van der Waals surface area contributed by atoms with Crippen molar-refractivity contribution in [3.05, 3.63) is 0 Å². The van der Waals surface area contributed by atoms with Crippen molar-refractivity contribution in [3.63, 3.8) is 0 Å². The molecule has 0 aliphatic heterocycles. The van der Waals surface area contributed by atoms with Gasteiger partial charge in [0.15, 0.2) is 0 Å². The summed E-state index contributed by atoms with van der Waals surface area (Å²) in [6.07, 6.45) is 19.1. The van der Waals surface area contributed by atoms with Crippen LogP contribution in [0, 0.1) is 0 Å². The molecule has 170 valence electrons. The van der Waals surface area contributed by atoms with Gasteiger partial charge in [0.2, 0.25) is 0 Å². The Kier molecular flexibility index (Phi) is 24.4. The fourth-order valence-corrected chi connectivity index (χ4v) is 4.73. The van der Waals surface area contributed by atoms with Crippen molar-refractivity contribution in [1.82, 2.24) is 0 Å². The third-order valence-corrected chi connectivity index (χ3v) is 7.03. The molecule has 4 nitrogen and oxygen atoms in total. The number of aliphatic hydroxyl groups excluding tert-OH is 1. The molecule has 0 heterocycles. The van der Waals surface area contributed by atoms with E-state index in [4.69, 9.17) is 0 Å². The largest absolute Gasteiger partial charge is 1.00 e. The summed E-state index contributed by atoms with van der Waals surface area (Å²) in [4.78, 5) is 0. The zero-order valence-electron chi connectivity index (χ0n) is 19.7. The Morgan fingerprint density at radius 2 is 0.931 bits per heavy atom. The molecular formula is C23H47NaO4S. The van der Waals surface area contributed by atoms with E-state index in [1.165, 1.54) is 51.4 Å². The minimum atomic E-state index is -4.19. The smallest absolute Gasteiger partial charge is 0.748 e. The molecule has 0 saturated carbocycles. The van der Waals surface area contributed by atoms with Crippen molar-refractivity contribution >= 4 is 10.1 Å². The van der Waals surface area contributed by atoms with Crippen LogP contribution in [-0.4, -0.2) is 29.4 Å². The number of aliphatic hydroxyl groups is 1. The molecule has 0 radical (unpaired) electrons. The molecule has 0 rings (SSSR count). The van der Waals surface area contributed by atoms with Crippen LogP contribution in [0.5, 0.6) is 0 Å². The van der Waals surface area contributed by atoms with Gasteiger partial charge in [-0.05, 0) is 25.7 Å². The fraction of sp³-hybridized carbons (Fsp3) is 1.00. The Balaban J connectivity index is 0. The van der Waals surface area contributed by atoms with E-state index >= 15 is 0 Å². The molecular weight excluding hydrogens is 395 g/mol. The van der Waals surface area contributed by atoms with Gasteiger partial charge in [-0.3, -0.25) is 0 Å². The van der Waals surface area contributed by atoms with E-state index in [-0.39, 0.29) is 35.7 Å². The summed E-state index contributed by atoms with van der Waals surface area (Å²) >= 11 is 0. The Morgan fingerprint density at radius 3 is 1.31 bits per heavy atom. The van der Waals surface area contributed by atoms with Crippen LogP contribution in [0.15, 0.2) is 0 Å². The van der Waals surface area contributed by atoms with E-state index < -0.39 is 15.4 Å². The van der Waals surface area contributed by atoms with E-state index in [9.17, 15) is 18.1 Å². The van der Waals surface area contributed by atoms with Crippen LogP contribution in [0.3, 0.4) is 0 Å². The molecule has 0 bridgehead atoms. The third kappa shape index (κ3) is 21.9. The van der Waals surface area contributed by atoms with Crippen molar-refractivity contribution in [1.29, 1.82) is 0 Å². The molecule has 6 heteroatoms. The van der Waals surface area contributed by atoms with Gasteiger partial charge in [-0.15, -0.1) is 0 Å². The second kappa shape index (κ2) is 22.1. The first-order valence-electron chi connectivity index (χ1n) is 12.0. The van der Waals surface area contributed by atoms with Gasteiger partial charge in [-0.25, -0.2) is 8.42 Å². The fourth-order valence-electron chi connectivity index (χ4n) is 3.82.